The van der Waals surface area contributed by atoms with Crippen molar-refractivity contribution < 1.29 is 4.74 Å². The van der Waals surface area contributed by atoms with Crippen LogP contribution in [0, 0.1) is 0 Å². The average molecular weight is 445 g/mol. The van der Waals surface area contributed by atoms with Crippen molar-refractivity contribution >= 4 is 44.0 Å². The number of nitrogens with zero attached hydrogens (tertiary/aromatic N) is 3. The first-order valence-corrected chi connectivity index (χ1v) is 11.7. The van der Waals surface area contributed by atoms with Crippen LogP contribution in [0.1, 0.15) is 25.3 Å². The molecule has 2 heterocycles. The molecule has 160 valence electrons. The van der Waals surface area contributed by atoms with Crippen LogP contribution in [0.15, 0.2) is 36.4 Å². The first-order valence-electron chi connectivity index (χ1n) is 10.5. The summed E-state index contributed by atoms with van der Waals surface area (Å²) in [6, 6.07) is 12.8. The number of fused-ring (bicyclic) bond motifs is 1. The monoisotopic (exact) mass is 444 g/mol. The Balaban J connectivity index is 1.55. The van der Waals surface area contributed by atoms with E-state index >= 15 is 0 Å². The second kappa shape index (κ2) is 9.41. The van der Waals surface area contributed by atoms with Crippen molar-refractivity contribution in [1.29, 1.82) is 0 Å². The molecule has 1 fully saturated rings. The lowest BCUT2D eigenvalue weighted by Crippen LogP contribution is -2.41. The Morgan fingerprint density at radius 2 is 2.00 bits per heavy atom. The van der Waals surface area contributed by atoms with Crippen molar-refractivity contribution in [2.45, 2.75) is 32.4 Å². The van der Waals surface area contributed by atoms with Gasteiger partial charge >= 0.3 is 0 Å². The summed E-state index contributed by atoms with van der Waals surface area (Å²) in [5, 5.41) is 5.36. The molecule has 1 aromatic heterocycles. The van der Waals surface area contributed by atoms with Crippen molar-refractivity contribution in [1.82, 2.24) is 9.88 Å². The minimum atomic E-state index is 0.621. The van der Waals surface area contributed by atoms with E-state index in [4.69, 9.17) is 21.3 Å². The fourth-order valence-corrected chi connectivity index (χ4v) is 5.13. The Kier molecular flexibility index (Phi) is 6.66. The number of hydrogen-bond acceptors (Lipinski definition) is 6. The molecule has 1 saturated heterocycles. The highest BCUT2D eigenvalue weighted by molar-refractivity contribution is 7.22. The van der Waals surface area contributed by atoms with Crippen LogP contribution in [0.2, 0.25) is 5.02 Å². The van der Waals surface area contributed by atoms with E-state index in [2.05, 4.69) is 41.3 Å². The molecule has 0 radical (unpaired) electrons. The van der Waals surface area contributed by atoms with Crippen LogP contribution in [0.5, 0.6) is 5.75 Å². The van der Waals surface area contributed by atoms with Crippen molar-refractivity contribution in [3.63, 3.8) is 0 Å². The second-order valence-corrected chi connectivity index (χ2v) is 9.29. The van der Waals surface area contributed by atoms with E-state index in [1.165, 1.54) is 12.8 Å². The van der Waals surface area contributed by atoms with Gasteiger partial charge in [0, 0.05) is 36.8 Å². The molecule has 4 rings (SSSR count). The van der Waals surface area contributed by atoms with Gasteiger partial charge < -0.3 is 19.9 Å². The molecule has 0 atom stereocenters. The number of hydrogen-bond donors (Lipinski definition) is 1. The summed E-state index contributed by atoms with van der Waals surface area (Å²) in [6.45, 7) is 5.38. The largest absolute Gasteiger partial charge is 0.492 e. The number of piperidine rings is 1. The summed E-state index contributed by atoms with van der Waals surface area (Å²) in [5.74, 6) is 0.860. The van der Waals surface area contributed by atoms with Crippen molar-refractivity contribution in [2.24, 2.45) is 0 Å². The molecule has 0 unspecified atom stereocenters. The fourth-order valence-electron chi connectivity index (χ4n) is 3.90. The number of thiazole rings is 1. The van der Waals surface area contributed by atoms with Gasteiger partial charge in [-0.1, -0.05) is 41.1 Å². The first kappa shape index (κ1) is 21.2. The van der Waals surface area contributed by atoms with E-state index in [9.17, 15) is 0 Å². The van der Waals surface area contributed by atoms with Crippen LogP contribution in [-0.4, -0.2) is 49.7 Å². The zero-order valence-corrected chi connectivity index (χ0v) is 19.4. The summed E-state index contributed by atoms with van der Waals surface area (Å²) in [6.07, 6.45) is 2.36. The normalized spacial score (nSPS) is 15.2. The Bertz CT molecular complexity index is 998. The number of aromatic nitrogens is 1. The van der Waals surface area contributed by atoms with Gasteiger partial charge in [0.2, 0.25) is 0 Å². The third kappa shape index (κ3) is 4.66. The van der Waals surface area contributed by atoms with Gasteiger partial charge in [-0.05, 0) is 51.6 Å². The van der Waals surface area contributed by atoms with E-state index in [-0.39, 0.29) is 0 Å². The zero-order valence-electron chi connectivity index (χ0n) is 17.8. The molecular formula is C23H29ClN4OS. The SMILES string of the molecule is CCOc1cc2sc(N3CCC(N(C)C)CC3)nc2cc1NCc1ccccc1Cl. The number of halogens is 1. The van der Waals surface area contributed by atoms with E-state index in [0.717, 1.165) is 50.5 Å². The van der Waals surface area contributed by atoms with Crippen molar-refractivity contribution in [3.05, 3.63) is 47.0 Å². The zero-order chi connectivity index (χ0) is 21.1. The molecule has 2 aromatic carbocycles. The van der Waals surface area contributed by atoms with Crippen LogP contribution in [0.25, 0.3) is 10.2 Å². The van der Waals surface area contributed by atoms with E-state index in [1.54, 1.807) is 11.3 Å². The maximum absolute atomic E-state index is 6.32. The summed E-state index contributed by atoms with van der Waals surface area (Å²) < 4.78 is 7.08. The van der Waals surface area contributed by atoms with Crippen molar-refractivity contribution in [3.8, 4) is 5.75 Å². The molecule has 1 N–H and O–H groups in total. The molecule has 5 nitrogen and oxygen atoms in total. The Labute approximate surface area is 187 Å². The average Bonchev–Trinajstić information content (AvgIpc) is 3.16. The summed E-state index contributed by atoms with van der Waals surface area (Å²) in [4.78, 5) is 9.70. The minimum Gasteiger partial charge on any atom is -0.492 e. The van der Waals surface area contributed by atoms with Crippen LogP contribution in [0.3, 0.4) is 0 Å². The standard InChI is InChI=1S/C23H29ClN4OS/c1-4-29-21-14-22-20(13-19(21)25-15-16-7-5-6-8-18(16)24)26-23(30-22)28-11-9-17(10-12-28)27(2)3/h5-8,13-14,17,25H,4,9-12,15H2,1-3H3. The molecule has 30 heavy (non-hydrogen) atoms. The van der Waals surface area contributed by atoms with Crippen LogP contribution < -0.4 is 15.0 Å². The van der Waals surface area contributed by atoms with Crippen molar-refractivity contribution in [2.75, 3.05) is 44.0 Å². The lowest BCUT2D eigenvalue weighted by Gasteiger charge is -2.34. The summed E-state index contributed by atoms with van der Waals surface area (Å²) >= 11 is 8.07. The lowest BCUT2D eigenvalue weighted by atomic mass is 10.0. The molecule has 0 spiro atoms. The highest BCUT2D eigenvalue weighted by Crippen LogP contribution is 2.37. The molecule has 0 aliphatic carbocycles. The number of benzene rings is 2. The maximum Gasteiger partial charge on any atom is 0.186 e. The number of anilines is 2. The van der Waals surface area contributed by atoms with Gasteiger partial charge in [0.05, 0.1) is 22.5 Å². The number of nitrogens with one attached hydrogen (secondary N) is 1. The predicted octanol–water partition coefficient (Wildman–Crippen LogP) is 5.49. The van der Waals surface area contributed by atoms with Gasteiger partial charge in [0.1, 0.15) is 5.75 Å². The van der Waals surface area contributed by atoms with Gasteiger partial charge in [0.15, 0.2) is 5.13 Å². The summed E-state index contributed by atoms with van der Waals surface area (Å²) in [5.41, 5.74) is 3.02. The van der Waals surface area contributed by atoms with Gasteiger partial charge in [-0.15, -0.1) is 0 Å². The van der Waals surface area contributed by atoms with Crippen LogP contribution in [0.4, 0.5) is 10.8 Å². The topological polar surface area (TPSA) is 40.6 Å². The Hall–Kier alpha value is -2.02. The lowest BCUT2D eigenvalue weighted by molar-refractivity contribution is 0.249. The molecule has 0 amide bonds. The molecule has 0 bridgehead atoms. The van der Waals surface area contributed by atoms with Crippen LogP contribution in [-0.2, 0) is 6.54 Å². The van der Waals surface area contributed by atoms with Crippen LogP contribution >= 0.6 is 22.9 Å². The highest BCUT2D eigenvalue weighted by Gasteiger charge is 2.23. The maximum atomic E-state index is 6.32. The molecule has 3 aromatic rings. The van der Waals surface area contributed by atoms with Gasteiger partial charge in [-0.3, -0.25) is 0 Å². The van der Waals surface area contributed by atoms with E-state index in [1.807, 2.05) is 31.2 Å². The van der Waals surface area contributed by atoms with E-state index < -0.39 is 0 Å². The number of rotatable bonds is 7. The fraction of sp³-hybridized carbons (Fsp3) is 0.435. The third-order valence-electron chi connectivity index (χ3n) is 5.67. The highest BCUT2D eigenvalue weighted by atomic mass is 35.5. The smallest absolute Gasteiger partial charge is 0.186 e. The van der Waals surface area contributed by atoms with Gasteiger partial charge in [-0.2, -0.15) is 0 Å². The van der Waals surface area contributed by atoms with Gasteiger partial charge in [0.25, 0.3) is 0 Å². The first-order chi connectivity index (χ1) is 14.5. The Morgan fingerprint density at radius 3 is 2.70 bits per heavy atom. The Morgan fingerprint density at radius 1 is 1.23 bits per heavy atom. The second-order valence-electron chi connectivity index (χ2n) is 7.87. The minimum absolute atomic E-state index is 0.621. The summed E-state index contributed by atoms with van der Waals surface area (Å²) in [7, 11) is 4.34. The van der Waals surface area contributed by atoms with Gasteiger partial charge in [-0.25, -0.2) is 4.98 Å². The molecular weight excluding hydrogens is 416 g/mol. The molecule has 1 aliphatic heterocycles. The molecule has 7 heteroatoms. The molecule has 0 saturated carbocycles. The van der Waals surface area contributed by atoms with E-state index in [0.29, 0.717) is 19.2 Å². The predicted molar refractivity (Wildman–Crippen MR) is 128 cm³/mol. The quantitative estimate of drug-likeness (QED) is 0.521. The third-order valence-corrected chi connectivity index (χ3v) is 7.12. The number of ether oxygens (including phenoxy) is 1. The molecule has 1 aliphatic rings.